The molecule has 1 saturated heterocycles. The Balaban J connectivity index is 1.86. The van der Waals surface area contributed by atoms with Gasteiger partial charge in [0.25, 0.3) is 0 Å². The zero-order valence-electron chi connectivity index (χ0n) is 10.5. The molecule has 1 aromatic rings. The van der Waals surface area contributed by atoms with E-state index < -0.39 is 0 Å². The van der Waals surface area contributed by atoms with Crippen LogP contribution < -0.4 is 5.32 Å². The molecule has 1 fully saturated rings. The Kier molecular flexibility index (Phi) is 4.40. The van der Waals surface area contributed by atoms with E-state index in [-0.39, 0.29) is 6.61 Å². The minimum absolute atomic E-state index is 0.224. The highest BCUT2D eigenvalue weighted by atomic mass is 16.2. The van der Waals surface area contributed by atoms with Gasteiger partial charge >= 0.3 is 0 Å². The zero-order valence-corrected chi connectivity index (χ0v) is 10.5. The molecule has 2 rings (SSSR count). The number of aliphatic hydroxyl groups is 1. The lowest BCUT2D eigenvalue weighted by atomic mass is 10.0. The van der Waals surface area contributed by atoms with Crippen molar-refractivity contribution in [3.05, 3.63) is 29.8 Å². The third-order valence-electron chi connectivity index (χ3n) is 3.44. The molecule has 0 bridgehead atoms. The second-order valence-electron chi connectivity index (χ2n) is 4.89. The maximum atomic E-state index is 8.85. The summed E-state index contributed by atoms with van der Waals surface area (Å²) in [5.74, 6) is 0. The molecule has 0 saturated carbocycles. The Morgan fingerprint density at radius 3 is 2.47 bits per heavy atom. The number of hydrogen-bond donors (Lipinski definition) is 2. The molecule has 0 aromatic heterocycles. The molecule has 0 aliphatic carbocycles. The van der Waals surface area contributed by atoms with Gasteiger partial charge in [-0.3, -0.25) is 0 Å². The molecule has 17 heavy (non-hydrogen) atoms. The summed E-state index contributed by atoms with van der Waals surface area (Å²) < 4.78 is 0. The maximum Gasteiger partial charge on any atom is 0.0471 e. The van der Waals surface area contributed by atoms with Gasteiger partial charge < -0.3 is 15.3 Å². The molecule has 0 unspecified atom stereocenters. The van der Waals surface area contributed by atoms with Crippen LogP contribution in [-0.4, -0.2) is 42.8 Å². The Morgan fingerprint density at radius 2 is 1.88 bits per heavy atom. The molecule has 3 heteroatoms. The van der Waals surface area contributed by atoms with Crippen molar-refractivity contribution in [3.8, 4) is 0 Å². The zero-order chi connectivity index (χ0) is 12.1. The van der Waals surface area contributed by atoms with Crippen molar-refractivity contribution in [1.29, 1.82) is 0 Å². The fourth-order valence-corrected chi connectivity index (χ4v) is 2.29. The summed E-state index contributed by atoms with van der Waals surface area (Å²) in [5, 5.41) is 12.4. The van der Waals surface area contributed by atoms with Gasteiger partial charge in [-0.1, -0.05) is 12.1 Å². The molecule has 1 heterocycles. The van der Waals surface area contributed by atoms with Gasteiger partial charge in [0.05, 0.1) is 0 Å². The second-order valence-corrected chi connectivity index (χ2v) is 4.89. The first kappa shape index (κ1) is 12.4. The average Bonchev–Trinajstić information content (AvgIpc) is 2.35. The van der Waals surface area contributed by atoms with E-state index in [2.05, 4.69) is 41.5 Å². The number of nitrogens with one attached hydrogen (secondary N) is 1. The lowest BCUT2D eigenvalue weighted by molar-refractivity contribution is 0.264. The Labute approximate surface area is 103 Å². The molecule has 0 spiro atoms. The van der Waals surface area contributed by atoms with Gasteiger partial charge in [-0.2, -0.15) is 0 Å². The number of benzene rings is 1. The van der Waals surface area contributed by atoms with Crippen molar-refractivity contribution < 1.29 is 5.11 Å². The van der Waals surface area contributed by atoms with Gasteiger partial charge in [0.1, 0.15) is 0 Å². The highest BCUT2D eigenvalue weighted by Gasteiger charge is 2.15. The summed E-state index contributed by atoms with van der Waals surface area (Å²) in [4.78, 5) is 2.38. The topological polar surface area (TPSA) is 35.5 Å². The highest BCUT2D eigenvalue weighted by Crippen LogP contribution is 2.16. The number of nitrogens with zero attached hydrogens (tertiary/aromatic N) is 1. The number of rotatable bonds is 4. The molecule has 0 atom stereocenters. The Hall–Kier alpha value is -1.06. The maximum absolute atomic E-state index is 8.85. The third-order valence-corrected chi connectivity index (χ3v) is 3.44. The average molecular weight is 234 g/mol. The summed E-state index contributed by atoms with van der Waals surface area (Å²) in [6, 6.07) is 9.02. The summed E-state index contributed by atoms with van der Waals surface area (Å²) in [6.07, 6.45) is 3.18. The number of piperidine rings is 1. The van der Waals surface area contributed by atoms with E-state index in [4.69, 9.17) is 5.11 Å². The number of hydrogen-bond acceptors (Lipinski definition) is 3. The van der Waals surface area contributed by atoms with E-state index in [1.165, 1.54) is 37.2 Å². The molecule has 3 nitrogen and oxygen atoms in total. The van der Waals surface area contributed by atoms with Gasteiger partial charge in [0, 0.05) is 18.3 Å². The van der Waals surface area contributed by atoms with Gasteiger partial charge in [-0.15, -0.1) is 0 Å². The van der Waals surface area contributed by atoms with E-state index in [1.54, 1.807) is 0 Å². The quantitative estimate of drug-likeness (QED) is 0.833. The fourth-order valence-electron chi connectivity index (χ4n) is 2.29. The van der Waals surface area contributed by atoms with Gasteiger partial charge in [-0.25, -0.2) is 0 Å². The van der Waals surface area contributed by atoms with Crippen molar-refractivity contribution in [2.24, 2.45) is 0 Å². The lowest BCUT2D eigenvalue weighted by Gasteiger charge is -2.30. The third kappa shape index (κ3) is 3.72. The fraction of sp³-hybridized carbons (Fsp3) is 0.571. The number of likely N-dealkylation sites (tertiary alicyclic amines) is 1. The minimum atomic E-state index is 0.224. The predicted molar refractivity (Wildman–Crippen MR) is 71.4 cm³/mol. The van der Waals surface area contributed by atoms with E-state index in [1.807, 2.05) is 0 Å². The lowest BCUT2D eigenvalue weighted by Crippen LogP contribution is -2.36. The molecule has 0 radical (unpaired) electrons. The summed E-state index contributed by atoms with van der Waals surface area (Å²) in [7, 11) is 2.18. The molecule has 1 aromatic carbocycles. The Bertz CT molecular complexity index is 329. The standard InChI is InChI=1S/C14H22N2O/c1-16-9-6-14(7-10-16)15-13-4-2-12(3-5-13)8-11-17/h2-5,14-15,17H,6-11H2,1H3. The van der Waals surface area contributed by atoms with Crippen LogP contribution in [0, 0.1) is 0 Å². The van der Waals surface area contributed by atoms with Crippen LogP contribution >= 0.6 is 0 Å². The molecule has 1 aliphatic heterocycles. The van der Waals surface area contributed by atoms with Crippen LogP contribution in [0.2, 0.25) is 0 Å². The largest absolute Gasteiger partial charge is 0.396 e. The molecule has 1 aliphatic rings. The first-order valence-electron chi connectivity index (χ1n) is 6.43. The van der Waals surface area contributed by atoms with Crippen LogP contribution in [0.5, 0.6) is 0 Å². The summed E-state index contributed by atoms with van der Waals surface area (Å²) >= 11 is 0. The van der Waals surface area contributed by atoms with Crippen molar-refractivity contribution in [1.82, 2.24) is 4.90 Å². The smallest absolute Gasteiger partial charge is 0.0471 e. The normalized spacial score (nSPS) is 18.2. The van der Waals surface area contributed by atoms with E-state index >= 15 is 0 Å². The highest BCUT2D eigenvalue weighted by molar-refractivity contribution is 5.45. The van der Waals surface area contributed by atoms with Crippen molar-refractivity contribution in [3.63, 3.8) is 0 Å². The minimum Gasteiger partial charge on any atom is -0.396 e. The van der Waals surface area contributed by atoms with E-state index in [0.717, 1.165) is 6.42 Å². The first-order chi connectivity index (χ1) is 8.28. The first-order valence-corrected chi connectivity index (χ1v) is 6.43. The summed E-state index contributed by atoms with van der Waals surface area (Å²) in [6.45, 7) is 2.59. The van der Waals surface area contributed by atoms with Crippen LogP contribution in [0.3, 0.4) is 0 Å². The molecular formula is C14H22N2O. The molecule has 0 amide bonds. The number of aliphatic hydroxyl groups excluding tert-OH is 1. The summed E-state index contributed by atoms with van der Waals surface area (Å²) in [5.41, 5.74) is 2.39. The van der Waals surface area contributed by atoms with E-state index in [9.17, 15) is 0 Å². The monoisotopic (exact) mass is 234 g/mol. The van der Waals surface area contributed by atoms with Crippen LogP contribution in [0.15, 0.2) is 24.3 Å². The van der Waals surface area contributed by atoms with Gasteiger partial charge in [-0.05, 0) is 57.1 Å². The van der Waals surface area contributed by atoms with Crippen molar-refractivity contribution >= 4 is 5.69 Å². The van der Waals surface area contributed by atoms with Crippen molar-refractivity contribution in [2.75, 3.05) is 32.1 Å². The molecular weight excluding hydrogens is 212 g/mol. The van der Waals surface area contributed by atoms with Gasteiger partial charge in [0.15, 0.2) is 0 Å². The van der Waals surface area contributed by atoms with Crippen molar-refractivity contribution in [2.45, 2.75) is 25.3 Å². The molecule has 2 N–H and O–H groups in total. The predicted octanol–water partition coefficient (Wildman–Crippen LogP) is 1.73. The van der Waals surface area contributed by atoms with Gasteiger partial charge in [0.2, 0.25) is 0 Å². The van der Waals surface area contributed by atoms with Crippen LogP contribution in [-0.2, 0) is 6.42 Å². The van der Waals surface area contributed by atoms with E-state index in [0.29, 0.717) is 6.04 Å². The SMILES string of the molecule is CN1CCC(Nc2ccc(CCO)cc2)CC1. The Morgan fingerprint density at radius 1 is 1.24 bits per heavy atom. The van der Waals surface area contributed by atoms with Crippen LogP contribution in [0.1, 0.15) is 18.4 Å². The van der Waals surface area contributed by atoms with Crippen LogP contribution in [0.4, 0.5) is 5.69 Å². The molecule has 94 valence electrons. The number of anilines is 1. The van der Waals surface area contributed by atoms with Crippen LogP contribution in [0.25, 0.3) is 0 Å². The second kappa shape index (κ2) is 6.03.